The van der Waals surface area contributed by atoms with E-state index in [9.17, 15) is 107 Å². The second-order valence-electron chi connectivity index (χ2n) is 33.5. The van der Waals surface area contributed by atoms with Crippen molar-refractivity contribution in [3.8, 4) is 121 Å². The number of terminal acetylenes is 5. The maximum Gasteiger partial charge on any atom is 0.308 e. The quantitative estimate of drug-likeness (QED) is 0.0125. The monoisotopic (exact) mass is 1950 g/mol. The standard InChI is InChI=1S/C20H23FO3.3C17H24O3.2C16H18F2O2.C16H20O/c1-16(22)7-6-10-19(23)8-4-2-3-5-9-20(24)15-17-11-13-18(21)14-12-17;1-14(18)7-6-10-16(19)8-4-2-3-5-9-17(20)13-15-11-12-15;1-3-7-15(19)10-5-4-9-14-12-16(14)17(20)11-6-8-13(2)18;1-4-8-16(19)11-6-5-9-14(2)13-17(20)12-7-10-15(3)18;2*1-3-9-15(20)11-6-4-5-7-12-16(17,18)13-8-10-14(2)19;1-3-4-5-6-7-8-9-10-11-12-13-14-15-16(2)17/h2-3,5,9,11-14,19-20,23-24H,6-7,10,15H2,1H3;2-3,5,9,15-17,19-20H,6-7,10-13H2,1H3;1,4-5,9-10,14-17,19-20H,6-8,11-12H2,2H3;1,5-6,9,11,13,16-17,19-20H,7-8,10,12H2,2-3H3;2*1,4-6,11,15,20H,8-10,13H2,2H3;1,6-9H,4-5,12-15H2,2H3/b2*3-2+,9-5+;9-4+,10-5+;9-5+,11-6+,14-13-;2*5-4+,11-6+;7-6+,9-8+/t19-,20+;16-,17+;14-,15-,16+,17+;16-,17+;2*15-;/m111111./s1. The van der Waals surface area contributed by atoms with E-state index in [0.29, 0.717) is 114 Å². The number of unbranched alkanes of at least 4 members (excludes halogenated alkanes) is 3. The van der Waals surface area contributed by atoms with Crippen molar-refractivity contribution < 1.29 is 107 Å². The highest BCUT2D eigenvalue weighted by Gasteiger charge is 2.40. The van der Waals surface area contributed by atoms with Crippen LogP contribution in [0.2, 0.25) is 0 Å². The van der Waals surface area contributed by atoms with Crippen molar-refractivity contribution in [1.82, 2.24) is 0 Å². The molecule has 10 N–H and O–H groups in total. The summed E-state index contributed by atoms with van der Waals surface area (Å²) in [6, 6.07) is 6.01. The van der Waals surface area contributed by atoms with Gasteiger partial charge in [0.05, 0.1) is 48.8 Å². The number of halogens is 5. The number of allylic oxidation sites excluding steroid dienone is 23. The molecule has 12 atom stereocenters. The number of alkyl halides is 4. The van der Waals surface area contributed by atoms with Gasteiger partial charge in [0, 0.05) is 103 Å². The minimum Gasteiger partial charge on any atom is -0.393 e. The maximum absolute atomic E-state index is 13.2. The van der Waals surface area contributed by atoms with E-state index in [4.69, 9.17) is 32.1 Å². The summed E-state index contributed by atoms with van der Waals surface area (Å²) in [7, 11) is 0. The molecular weight excluding hydrogens is 1800 g/mol. The van der Waals surface area contributed by atoms with Crippen LogP contribution in [-0.4, -0.2) is 164 Å². The molecule has 0 saturated heterocycles. The van der Waals surface area contributed by atoms with E-state index < -0.39 is 73.5 Å². The lowest BCUT2D eigenvalue weighted by Gasteiger charge is -2.08. The summed E-state index contributed by atoms with van der Waals surface area (Å²) in [5.41, 5.74) is 1.78. The van der Waals surface area contributed by atoms with E-state index in [1.54, 1.807) is 125 Å². The molecule has 0 aromatic heterocycles. The van der Waals surface area contributed by atoms with Crippen molar-refractivity contribution in [2.75, 3.05) is 0 Å². The predicted octanol–water partition coefficient (Wildman–Crippen LogP) is 19.6. The number of carbonyl (C=O) groups is 7. The molecule has 2 aliphatic carbocycles. The van der Waals surface area contributed by atoms with Crippen LogP contribution in [0.1, 0.15) is 266 Å². The van der Waals surface area contributed by atoms with Crippen LogP contribution in [0.4, 0.5) is 22.0 Å². The number of rotatable bonds is 55. The van der Waals surface area contributed by atoms with Crippen LogP contribution in [0, 0.1) is 144 Å². The average Bonchev–Trinajstić information content (AvgIpc) is 1.68. The lowest BCUT2D eigenvalue weighted by Crippen LogP contribution is -2.12. The lowest BCUT2D eigenvalue weighted by molar-refractivity contribution is -0.118. The Bertz CT molecular complexity index is 4710. The number of hydrogen-bond donors (Lipinski definition) is 10. The fraction of sp³-hybridized carbons (Fsp3) is 0.471. The molecule has 764 valence electrons. The summed E-state index contributed by atoms with van der Waals surface area (Å²) in [5, 5.41) is 95.5. The van der Waals surface area contributed by atoms with Crippen molar-refractivity contribution in [3.63, 3.8) is 0 Å². The molecule has 0 radical (unpaired) electrons. The smallest absolute Gasteiger partial charge is 0.308 e. The summed E-state index contributed by atoms with van der Waals surface area (Å²) in [6.07, 6.45) is 85.6. The Morgan fingerprint density at radius 3 is 1.18 bits per heavy atom. The number of carbonyl (C=O) groups excluding carboxylic acids is 7. The van der Waals surface area contributed by atoms with Crippen LogP contribution in [0.25, 0.3) is 0 Å². The van der Waals surface area contributed by atoms with Gasteiger partial charge in [-0.05, 0) is 229 Å². The second kappa shape index (κ2) is 91.6. The van der Waals surface area contributed by atoms with Crippen LogP contribution >= 0.6 is 0 Å². The van der Waals surface area contributed by atoms with Gasteiger partial charge in [0.1, 0.15) is 58.5 Å². The Morgan fingerprint density at radius 1 is 0.397 bits per heavy atom. The van der Waals surface area contributed by atoms with Gasteiger partial charge in [-0.25, -0.2) is 4.39 Å². The average molecular weight is 1950 g/mol. The fourth-order valence-electron chi connectivity index (χ4n) is 11.3. The molecule has 0 aliphatic heterocycles. The molecule has 1 aromatic rings. The third-order valence-electron chi connectivity index (χ3n) is 19.1. The molecule has 0 heterocycles. The number of aliphatic hydroxyl groups is 10. The summed E-state index contributed by atoms with van der Waals surface area (Å²) in [5.74, 6) is 32.5. The first kappa shape index (κ1) is 135. The number of ketones is 7. The van der Waals surface area contributed by atoms with Crippen molar-refractivity contribution in [2.45, 2.75) is 340 Å². The minimum atomic E-state index is -3.09. The fourth-order valence-corrected chi connectivity index (χ4v) is 11.3. The SMILES string of the molecule is C#CCC/C=C/C=C/C#CCCCCC(C)=O.C#CC[C@@H](O)/C=C/C=C/C#CC(F)(F)CCCC(C)=O.C#CC[C@@H](O)/C=C/C=C/C#CC(F)(F)CCCC(C)=O.C#CC[C@@H](O)/C=C/C=C/C(C)=C\[C@@H](O)CCCC(C)=O.C#CC[C@@H](O)/C=C/C=C/[C@@H]1C[C@@H]1[C@@H](O)CCCC(C)=O.CC(=O)CCC[C@H](O)C#C/C=C/C=C/[C@H](O)CC1CC1.CC(=O)CCC[C@H](O)C#C/C=C/C=C/[C@H](O)Cc1ccc(F)cc1. The molecule has 2 fully saturated rings. The van der Waals surface area contributed by atoms with E-state index >= 15 is 0 Å². The van der Waals surface area contributed by atoms with Crippen LogP contribution in [0.3, 0.4) is 0 Å². The van der Waals surface area contributed by atoms with Crippen molar-refractivity contribution >= 4 is 40.5 Å². The third kappa shape index (κ3) is 105. The van der Waals surface area contributed by atoms with E-state index in [0.717, 1.165) is 62.5 Å². The van der Waals surface area contributed by atoms with Gasteiger partial charge in [-0.15, -0.1) is 61.7 Å². The minimum absolute atomic E-state index is 0.107. The van der Waals surface area contributed by atoms with E-state index in [2.05, 4.69) is 83.0 Å². The van der Waals surface area contributed by atoms with Crippen molar-refractivity contribution in [3.05, 3.63) is 217 Å². The van der Waals surface area contributed by atoms with Gasteiger partial charge in [0.2, 0.25) is 0 Å². The summed E-state index contributed by atoms with van der Waals surface area (Å²) in [6.45, 7) is 12.5. The van der Waals surface area contributed by atoms with Crippen LogP contribution in [0.15, 0.2) is 206 Å². The lowest BCUT2D eigenvalue weighted by atomic mass is 10.1. The van der Waals surface area contributed by atoms with Gasteiger partial charge in [-0.2, -0.15) is 17.6 Å². The van der Waals surface area contributed by atoms with Gasteiger partial charge in [0.15, 0.2) is 0 Å². The Hall–Kier alpha value is -12.1. The van der Waals surface area contributed by atoms with Crippen LogP contribution in [-0.2, 0) is 40.0 Å². The first-order valence-corrected chi connectivity index (χ1v) is 47.6. The molecule has 0 amide bonds. The molecule has 0 spiro atoms. The zero-order valence-electron chi connectivity index (χ0n) is 83.5. The molecule has 1 aromatic carbocycles. The Balaban J connectivity index is -0.000000778. The molecule has 0 unspecified atom stereocenters. The first-order valence-electron chi connectivity index (χ1n) is 47.6. The molecule has 2 saturated carbocycles. The zero-order chi connectivity index (χ0) is 107. The summed E-state index contributed by atoms with van der Waals surface area (Å²) in [4.78, 5) is 75.0. The predicted molar refractivity (Wildman–Crippen MR) is 558 cm³/mol. The third-order valence-corrected chi connectivity index (χ3v) is 19.1. The number of aliphatic hydroxyl groups excluding tert-OH is 10. The molecule has 17 nitrogen and oxygen atoms in total. The molecular formula is C119H151F5O17. The summed E-state index contributed by atoms with van der Waals surface area (Å²) < 4.78 is 65.6. The first-order chi connectivity index (χ1) is 67.0. The van der Waals surface area contributed by atoms with Gasteiger partial charge in [-0.1, -0.05) is 224 Å². The molecule has 2 aliphatic rings. The molecule has 22 heteroatoms. The normalized spacial score (nSPS) is 15.5. The number of Topliss-reactive ketones (excluding diaryl/α,β-unsaturated/α-hetero) is 7. The van der Waals surface area contributed by atoms with E-state index in [1.165, 1.54) is 94.4 Å². The topological polar surface area (TPSA) is 322 Å². The van der Waals surface area contributed by atoms with Gasteiger partial charge in [0.25, 0.3) is 0 Å². The highest BCUT2D eigenvalue weighted by molar-refractivity contribution is 5.77. The number of benzene rings is 1. The second-order valence-corrected chi connectivity index (χ2v) is 33.5. The van der Waals surface area contributed by atoms with Crippen LogP contribution < -0.4 is 0 Å². The Labute approximate surface area is 838 Å². The Morgan fingerprint density at radius 2 is 0.766 bits per heavy atom. The van der Waals surface area contributed by atoms with E-state index in [1.807, 2.05) is 55.2 Å². The van der Waals surface area contributed by atoms with Crippen molar-refractivity contribution in [2.24, 2.45) is 17.8 Å². The highest BCUT2D eigenvalue weighted by atomic mass is 19.3. The molecule has 3 rings (SSSR count). The molecule has 0 bridgehead atoms. The Kier molecular flexibility index (Phi) is 87.8. The van der Waals surface area contributed by atoms with Crippen molar-refractivity contribution in [1.29, 1.82) is 0 Å². The highest BCUT2D eigenvalue weighted by Crippen LogP contribution is 2.43. The zero-order valence-corrected chi connectivity index (χ0v) is 83.5. The van der Waals surface area contributed by atoms with Crippen LogP contribution in [0.5, 0.6) is 0 Å². The summed E-state index contributed by atoms with van der Waals surface area (Å²) >= 11 is 0. The molecule has 141 heavy (non-hydrogen) atoms. The van der Waals surface area contributed by atoms with Gasteiger partial charge in [-0.3, -0.25) is 0 Å². The largest absolute Gasteiger partial charge is 0.393 e. The van der Waals surface area contributed by atoms with Gasteiger partial charge < -0.3 is 84.6 Å². The number of hydrogen-bond acceptors (Lipinski definition) is 17. The maximum atomic E-state index is 13.2. The van der Waals surface area contributed by atoms with Gasteiger partial charge >= 0.3 is 11.8 Å². The van der Waals surface area contributed by atoms with E-state index in [-0.39, 0.29) is 97.0 Å².